The van der Waals surface area contributed by atoms with Crippen LogP contribution in [-0.4, -0.2) is 15.8 Å². The molecule has 0 saturated carbocycles. The number of amides is 2. The Hall–Kier alpha value is -2.24. The van der Waals surface area contributed by atoms with Crippen molar-refractivity contribution in [2.45, 2.75) is 6.54 Å². The average Bonchev–Trinajstić information content (AvgIpc) is 2.87. The lowest BCUT2D eigenvalue weighted by molar-refractivity contribution is 0.252. The summed E-state index contributed by atoms with van der Waals surface area (Å²) in [6.07, 6.45) is 1.72. The van der Waals surface area contributed by atoms with E-state index in [0.29, 0.717) is 22.3 Å². The Kier molecular flexibility index (Phi) is 4.41. The maximum absolute atomic E-state index is 12.1. The molecule has 0 radical (unpaired) electrons. The molecule has 118 valence electrons. The van der Waals surface area contributed by atoms with Gasteiger partial charge in [0, 0.05) is 29.0 Å². The van der Waals surface area contributed by atoms with E-state index in [-0.39, 0.29) is 6.03 Å². The van der Waals surface area contributed by atoms with Gasteiger partial charge in [0.05, 0.1) is 17.4 Å². The van der Waals surface area contributed by atoms with E-state index in [1.54, 1.807) is 29.1 Å². The number of fused-ring (bicyclic) bond motifs is 1. The van der Waals surface area contributed by atoms with Crippen molar-refractivity contribution in [2.24, 2.45) is 7.05 Å². The summed E-state index contributed by atoms with van der Waals surface area (Å²) in [5, 5.41) is 11.8. The molecule has 0 saturated heterocycles. The van der Waals surface area contributed by atoms with Crippen LogP contribution in [-0.2, 0) is 13.6 Å². The molecule has 3 rings (SSSR count). The molecule has 3 aromatic rings. The highest BCUT2D eigenvalue weighted by molar-refractivity contribution is 6.34. The van der Waals surface area contributed by atoms with E-state index in [2.05, 4.69) is 15.7 Å². The molecule has 0 spiro atoms. The molecule has 0 aliphatic carbocycles. The zero-order chi connectivity index (χ0) is 16.4. The Bertz CT molecular complexity index is 855. The smallest absolute Gasteiger partial charge is 0.319 e. The van der Waals surface area contributed by atoms with Crippen LogP contribution >= 0.6 is 23.2 Å². The highest BCUT2D eigenvalue weighted by atomic mass is 35.5. The zero-order valence-corrected chi connectivity index (χ0v) is 13.8. The summed E-state index contributed by atoms with van der Waals surface area (Å²) in [7, 11) is 1.86. The molecular weight excluding hydrogens is 335 g/mol. The van der Waals surface area contributed by atoms with Gasteiger partial charge in [-0.05, 0) is 35.9 Å². The SMILES string of the molecule is Cn1ncc2c(NC(=O)NCc3cc(Cl)cc(Cl)c3)cccc21. The van der Waals surface area contributed by atoms with Gasteiger partial charge in [0.2, 0.25) is 0 Å². The molecule has 1 aromatic heterocycles. The molecule has 0 aliphatic heterocycles. The summed E-state index contributed by atoms with van der Waals surface area (Å²) in [5.74, 6) is 0. The lowest BCUT2D eigenvalue weighted by Gasteiger charge is -2.09. The second-order valence-electron chi connectivity index (χ2n) is 5.09. The van der Waals surface area contributed by atoms with Gasteiger partial charge < -0.3 is 10.6 Å². The standard InChI is InChI=1S/C16H14Cl2N4O/c1-22-15-4-2-3-14(13(15)9-20-22)21-16(23)19-8-10-5-11(17)7-12(18)6-10/h2-7,9H,8H2,1H3,(H2,19,21,23). The summed E-state index contributed by atoms with van der Waals surface area (Å²) in [4.78, 5) is 12.1. The van der Waals surface area contributed by atoms with E-state index >= 15 is 0 Å². The number of aromatic nitrogens is 2. The van der Waals surface area contributed by atoms with Gasteiger partial charge in [-0.3, -0.25) is 4.68 Å². The molecule has 23 heavy (non-hydrogen) atoms. The second kappa shape index (κ2) is 6.48. The normalized spacial score (nSPS) is 10.7. The number of carbonyl (C=O) groups is 1. The number of urea groups is 1. The molecule has 0 unspecified atom stereocenters. The number of carbonyl (C=O) groups excluding carboxylic acids is 1. The minimum atomic E-state index is -0.308. The van der Waals surface area contributed by atoms with Gasteiger partial charge in [-0.15, -0.1) is 0 Å². The lowest BCUT2D eigenvalue weighted by atomic mass is 10.2. The van der Waals surface area contributed by atoms with Crippen molar-refractivity contribution < 1.29 is 4.79 Å². The van der Waals surface area contributed by atoms with E-state index in [1.807, 2.05) is 25.2 Å². The topological polar surface area (TPSA) is 59.0 Å². The predicted octanol–water partition coefficient (Wildman–Crippen LogP) is 4.20. The molecule has 2 N–H and O–H groups in total. The number of aryl methyl sites for hydroxylation is 1. The molecule has 0 atom stereocenters. The van der Waals surface area contributed by atoms with Crippen LogP contribution in [0.25, 0.3) is 10.9 Å². The number of rotatable bonds is 3. The molecule has 0 fully saturated rings. The van der Waals surface area contributed by atoms with Crippen LogP contribution in [0.5, 0.6) is 0 Å². The molecule has 1 heterocycles. The second-order valence-corrected chi connectivity index (χ2v) is 5.96. The van der Waals surface area contributed by atoms with Crippen molar-refractivity contribution >= 4 is 45.8 Å². The Balaban J connectivity index is 1.69. The van der Waals surface area contributed by atoms with Crippen molar-refractivity contribution in [1.29, 1.82) is 0 Å². The maximum atomic E-state index is 12.1. The van der Waals surface area contributed by atoms with E-state index in [4.69, 9.17) is 23.2 Å². The molecular formula is C16H14Cl2N4O. The Labute approximate surface area is 143 Å². The maximum Gasteiger partial charge on any atom is 0.319 e. The minimum Gasteiger partial charge on any atom is -0.334 e. The number of anilines is 1. The van der Waals surface area contributed by atoms with E-state index in [0.717, 1.165) is 16.5 Å². The lowest BCUT2D eigenvalue weighted by Crippen LogP contribution is -2.28. The summed E-state index contributed by atoms with van der Waals surface area (Å²) in [6, 6.07) is 10.5. The minimum absolute atomic E-state index is 0.308. The number of halogens is 2. The van der Waals surface area contributed by atoms with Crippen molar-refractivity contribution in [3.8, 4) is 0 Å². The third-order valence-corrected chi connectivity index (χ3v) is 3.85. The van der Waals surface area contributed by atoms with Crippen LogP contribution < -0.4 is 10.6 Å². The first-order valence-electron chi connectivity index (χ1n) is 6.93. The largest absolute Gasteiger partial charge is 0.334 e. The molecule has 2 aromatic carbocycles. The molecule has 5 nitrogen and oxygen atoms in total. The van der Waals surface area contributed by atoms with Crippen molar-refractivity contribution in [2.75, 3.05) is 5.32 Å². The Morgan fingerprint density at radius 2 is 1.96 bits per heavy atom. The fraction of sp³-hybridized carbons (Fsp3) is 0.125. The Morgan fingerprint density at radius 3 is 2.70 bits per heavy atom. The quantitative estimate of drug-likeness (QED) is 0.744. The fourth-order valence-corrected chi connectivity index (χ4v) is 2.92. The first-order chi connectivity index (χ1) is 11.0. The Morgan fingerprint density at radius 1 is 1.22 bits per heavy atom. The fourth-order valence-electron chi connectivity index (χ4n) is 2.35. The third kappa shape index (κ3) is 3.57. The van der Waals surface area contributed by atoms with Gasteiger partial charge in [0.25, 0.3) is 0 Å². The summed E-state index contributed by atoms with van der Waals surface area (Å²) < 4.78 is 1.76. The first-order valence-corrected chi connectivity index (χ1v) is 7.69. The van der Waals surface area contributed by atoms with Crippen LogP contribution in [0.15, 0.2) is 42.6 Å². The van der Waals surface area contributed by atoms with E-state index < -0.39 is 0 Å². The number of nitrogens with one attached hydrogen (secondary N) is 2. The highest BCUT2D eigenvalue weighted by Crippen LogP contribution is 2.22. The van der Waals surface area contributed by atoms with Gasteiger partial charge in [0.1, 0.15) is 0 Å². The molecule has 2 amide bonds. The van der Waals surface area contributed by atoms with Gasteiger partial charge >= 0.3 is 6.03 Å². The van der Waals surface area contributed by atoms with Crippen LogP contribution in [0.3, 0.4) is 0 Å². The monoisotopic (exact) mass is 348 g/mol. The van der Waals surface area contributed by atoms with Gasteiger partial charge in [-0.2, -0.15) is 5.10 Å². The van der Waals surface area contributed by atoms with Crippen LogP contribution in [0.1, 0.15) is 5.56 Å². The van der Waals surface area contributed by atoms with E-state index in [9.17, 15) is 4.79 Å². The van der Waals surface area contributed by atoms with Crippen LogP contribution in [0.2, 0.25) is 10.0 Å². The number of nitrogens with zero attached hydrogens (tertiary/aromatic N) is 2. The summed E-state index contributed by atoms with van der Waals surface area (Å²) in [6.45, 7) is 0.329. The third-order valence-electron chi connectivity index (χ3n) is 3.42. The van der Waals surface area contributed by atoms with Gasteiger partial charge in [0.15, 0.2) is 0 Å². The van der Waals surface area contributed by atoms with Crippen molar-refractivity contribution in [1.82, 2.24) is 15.1 Å². The number of benzene rings is 2. The van der Waals surface area contributed by atoms with Crippen molar-refractivity contribution in [3.05, 3.63) is 58.2 Å². The molecule has 0 aliphatic rings. The highest BCUT2D eigenvalue weighted by Gasteiger charge is 2.08. The van der Waals surface area contributed by atoms with Crippen molar-refractivity contribution in [3.63, 3.8) is 0 Å². The molecule has 0 bridgehead atoms. The van der Waals surface area contributed by atoms with Crippen LogP contribution in [0, 0.1) is 0 Å². The zero-order valence-electron chi connectivity index (χ0n) is 12.3. The summed E-state index contributed by atoms with van der Waals surface area (Å²) in [5.41, 5.74) is 2.49. The molecule has 7 heteroatoms. The van der Waals surface area contributed by atoms with Gasteiger partial charge in [-0.25, -0.2) is 4.79 Å². The first kappa shape index (κ1) is 15.6. The van der Waals surface area contributed by atoms with Crippen LogP contribution in [0.4, 0.5) is 10.5 Å². The summed E-state index contributed by atoms with van der Waals surface area (Å²) >= 11 is 11.9. The predicted molar refractivity (Wildman–Crippen MR) is 93.0 cm³/mol. The number of hydrogen-bond acceptors (Lipinski definition) is 2. The average molecular weight is 349 g/mol. The van der Waals surface area contributed by atoms with E-state index in [1.165, 1.54) is 0 Å². The van der Waals surface area contributed by atoms with Gasteiger partial charge in [-0.1, -0.05) is 29.3 Å². The number of hydrogen-bond donors (Lipinski definition) is 2.